The molecule has 0 bridgehead atoms. The molecule has 0 spiro atoms. The fraction of sp³-hybridized carbons (Fsp3) is 0.857. The van der Waals surface area contributed by atoms with E-state index in [1.165, 1.54) is 6.42 Å². The Hall–Kier alpha value is -1.08. The van der Waals surface area contributed by atoms with Gasteiger partial charge in [0.25, 0.3) is 0 Å². The monoisotopic (exact) mass is 252 g/mol. The van der Waals surface area contributed by atoms with E-state index in [0.717, 1.165) is 25.7 Å². The lowest BCUT2D eigenvalue weighted by atomic mass is 9.84. The normalized spacial score (nSPS) is 19.0. The molecule has 0 heterocycles. The van der Waals surface area contributed by atoms with Gasteiger partial charge >= 0.3 is 0 Å². The molecule has 0 radical (unpaired) electrons. The van der Waals surface area contributed by atoms with Crippen molar-refractivity contribution in [3.8, 4) is 6.07 Å². The Kier molecular flexibility index (Phi) is 5.61. The van der Waals surface area contributed by atoms with Crippen molar-refractivity contribution in [1.82, 2.24) is 5.32 Å². The van der Waals surface area contributed by atoms with Gasteiger partial charge in [-0.2, -0.15) is 5.26 Å². The molecule has 1 aliphatic carbocycles. The zero-order valence-corrected chi connectivity index (χ0v) is 11.7. The molecule has 1 atom stereocenters. The van der Waals surface area contributed by atoms with Crippen LogP contribution in [-0.2, 0) is 9.53 Å². The molecule has 18 heavy (non-hydrogen) atoms. The van der Waals surface area contributed by atoms with E-state index in [2.05, 4.69) is 11.4 Å². The first-order valence-corrected chi connectivity index (χ1v) is 6.75. The first-order chi connectivity index (χ1) is 8.42. The van der Waals surface area contributed by atoms with Crippen LogP contribution < -0.4 is 5.32 Å². The van der Waals surface area contributed by atoms with E-state index >= 15 is 0 Å². The SMILES string of the molecule is CC(C)(C)OCC(=O)NC(C#N)C1CCCCC1. The van der Waals surface area contributed by atoms with Crippen LogP contribution in [0, 0.1) is 17.2 Å². The van der Waals surface area contributed by atoms with Gasteiger partial charge < -0.3 is 10.1 Å². The zero-order valence-electron chi connectivity index (χ0n) is 11.7. The highest BCUT2D eigenvalue weighted by atomic mass is 16.5. The molecule has 0 aromatic carbocycles. The molecule has 4 nitrogen and oxygen atoms in total. The van der Waals surface area contributed by atoms with Gasteiger partial charge in [0.2, 0.25) is 5.91 Å². The summed E-state index contributed by atoms with van der Waals surface area (Å²) >= 11 is 0. The summed E-state index contributed by atoms with van der Waals surface area (Å²) in [7, 11) is 0. The summed E-state index contributed by atoms with van der Waals surface area (Å²) < 4.78 is 5.40. The Balaban J connectivity index is 2.38. The Labute approximate surface area is 110 Å². The Bertz CT molecular complexity index is 309. The van der Waals surface area contributed by atoms with Crippen LogP contribution in [0.4, 0.5) is 0 Å². The number of rotatable bonds is 4. The van der Waals surface area contributed by atoms with Gasteiger partial charge in [-0.1, -0.05) is 19.3 Å². The molecule has 0 aromatic rings. The molecule has 1 amide bonds. The Morgan fingerprint density at radius 3 is 2.50 bits per heavy atom. The van der Waals surface area contributed by atoms with E-state index in [9.17, 15) is 4.79 Å². The van der Waals surface area contributed by atoms with Crippen LogP contribution in [0.3, 0.4) is 0 Å². The number of ether oxygens (including phenoxy) is 1. The van der Waals surface area contributed by atoms with Gasteiger partial charge in [0, 0.05) is 0 Å². The van der Waals surface area contributed by atoms with Crippen molar-refractivity contribution >= 4 is 5.91 Å². The highest BCUT2D eigenvalue weighted by Crippen LogP contribution is 2.26. The number of hydrogen-bond donors (Lipinski definition) is 1. The molecule has 0 aliphatic heterocycles. The van der Waals surface area contributed by atoms with Gasteiger partial charge in [0.05, 0.1) is 11.7 Å². The maximum absolute atomic E-state index is 11.7. The fourth-order valence-corrected chi connectivity index (χ4v) is 2.22. The summed E-state index contributed by atoms with van der Waals surface area (Å²) in [6.07, 6.45) is 5.65. The van der Waals surface area contributed by atoms with Crippen molar-refractivity contribution in [2.45, 2.75) is 64.5 Å². The molecule has 1 N–H and O–H groups in total. The quantitative estimate of drug-likeness (QED) is 0.835. The highest BCUT2D eigenvalue weighted by Gasteiger charge is 2.25. The first kappa shape index (κ1) is 15.0. The third kappa shape index (κ3) is 5.50. The van der Waals surface area contributed by atoms with Crippen molar-refractivity contribution in [3.05, 3.63) is 0 Å². The number of amides is 1. The molecular formula is C14H24N2O2. The molecule has 1 aliphatic rings. The molecular weight excluding hydrogens is 228 g/mol. The second-order valence-corrected chi connectivity index (χ2v) is 5.97. The summed E-state index contributed by atoms with van der Waals surface area (Å²) in [5, 5.41) is 11.9. The molecule has 1 saturated carbocycles. The Morgan fingerprint density at radius 2 is 2.00 bits per heavy atom. The van der Waals surface area contributed by atoms with Crippen LogP contribution in [-0.4, -0.2) is 24.2 Å². The number of nitrogens with one attached hydrogen (secondary N) is 1. The summed E-state index contributed by atoms with van der Waals surface area (Å²) in [5.74, 6) is 0.115. The minimum absolute atomic E-state index is 0.0222. The van der Waals surface area contributed by atoms with Crippen LogP contribution in [0.1, 0.15) is 52.9 Å². The molecule has 102 valence electrons. The number of carbonyl (C=O) groups excluding carboxylic acids is 1. The van der Waals surface area contributed by atoms with Gasteiger partial charge in [-0.3, -0.25) is 4.79 Å². The summed E-state index contributed by atoms with van der Waals surface area (Å²) in [6.45, 7) is 5.74. The predicted octanol–water partition coefficient (Wildman–Crippen LogP) is 2.39. The maximum Gasteiger partial charge on any atom is 0.247 e. The molecule has 0 saturated heterocycles. The molecule has 4 heteroatoms. The second-order valence-electron chi connectivity index (χ2n) is 5.97. The van der Waals surface area contributed by atoms with Crippen molar-refractivity contribution in [3.63, 3.8) is 0 Å². The first-order valence-electron chi connectivity index (χ1n) is 6.75. The van der Waals surface area contributed by atoms with Crippen molar-refractivity contribution in [2.24, 2.45) is 5.92 Å². The largest absolute Gasteiger partial charge is 0.366 e. The number of hydrogen-bond acceptors (Lipinski definition) is 3. The van der Waals surface area contributed by atoms with E-state index in [-0.39, 0.29) is 24.2 Å². The molecule has 1 rings (SSSR count). The standard InChI is InChI=1S/C14H24N2O2/c1-14(2,3)18-10-13(17)16-12(9-15)11-7-5-4-6-8-11/h11-12H,4-8,10H2,1-3H3,(H,16,17). The van der Waals surface area contributed by atoms with Crippen molar-refractivity contribution in [2.75, 3.05) is 6.61 Å². The van der Waals surface area contributed by atoms with Gasteiger partial charge in [0.1, 0.15) is 12.6 Å². The molecule has 1 fully saturated rings. The minimum Gasteiger partial charge on any atom is -0.366 e. The summed E-state index contributed by atoms with van der Waals surface area (Å²) in [4.78, 5) is 11.7. The number of nitrogens with zero attached hydrogens (tertiary/aromatic N) is 1. The third-order valence-electron chi connectivity index (χ3n) is 3.21. The van der Waals surface area contributed by atoms with Crippen molar-refractivity contribution in [1.29, 1.82) is 5.26 Å². The fourth-order valence-electron chi connectivity index (χ4n) is 2.22. The van der Waals surface area contributed by atoms with E-state index < -0.39 is 0 Å². The Morgan fingerprint density at radius 1 is 1.39 bits per heavy atom. The lowest BCUT2D eigenvalue weighted by Crippen LogP contribution is -2.42. The lowest BCUT2D eigenvalue weighted by molar-refractivity contribution is -0.131. The van der Waals surface area contributed by atoms with Crippen LogP contribution in [0.5, 0.6) is 0 Å². The topological polar surface area (TPSA) is 62.1 Å². The predicted molar refractivity (Wildman–Crippen MR) is 69.8 cm³/mol. The molecule has 1 unspecified atom stereocenters. The smallest absolute Gasteiger partial charge is 0.247 e. The second kappa shape index (κ2) is 6.75. The van der Waals surface area contributed by atoms with Crippen LogP contribution in [0.2, 0.25) is 0 Å². The molecule has 0 aromatic heterocycles. The van der Waals surface area contributed by atoms with E-state index in [0.29, 0.717) is 5.92 Å². The van der Waals surface area contributed by atoms with Gasteiger partial charge in [0.15, 0.2) is 0 Å². The van der Waals surface area contributed by atoms with Crippen LogP contribution in [0.15, 0.2) is 0 Å². The zero-order chi connectivity index (χ0) is 13.6. The van der Waals surface area contributed by atoms with Gasteiger partial charge in [-0.15, -0.1) is 0 Å². The van der Waals surface area contributed by atoms with Crippen molar-refractivity contribution < 1.29 is 9.53 Å². The lowest BCUT2D eigenvalue weighted by Gasteiger charge is -2.27. The summed E-state index contributed by atoms with van der Waals surface area (Å²) in [6, 6.07) is 1.85. The number of carbonyl (C=O) groups is 1. The van der Waals surface area contributed by atoms with Crippen LogP contribution >= 0.6 is 0 Å². The third-order valence-corrected chi connectivity index (χ3v) is 3.21. The summed E-state index contributed by atoms with van der Waals surface area (Å²) in [5.41, 5.74) is -0.329. The van der Waals surface area contributed by atoms with Gasteiger partial charge in [-0.05, 0) is 39.5 Å². The maximum atomic E-state index is 11.7. The average Bonchev–Trinajstić information content (AvgIpc) is 2.33. The average molecular weight is 252 g/mol. The van der Waals surface area contributed by atoms with E-state index in [1.54, 1.807) is 0 Å². The van der Waals surface area contributed by atoms with E-state index in [4.69, 9.17) is 10.00 Å². The highest BCUT2D eigenvalue weighted by molar-refractivity contribution is 5.77. The van der Waals surface area contributed by atoms with Gasteiger partial charge in [-0.25, -0.2) is 0 Å². The number of nitriles is 1. The van der Waals surface area contributed by atoms with E-state index in [1.807, 2.05) is 20.8 Å². The minimum atomic E-state index is -0.360. The van der Waals surface area contributed by atoms with Crippen LogP contribution in [0.25, 0.3) is 0 Å².